The number of aryl methyl sites for hydroxylation is 1. The van der Waals surface area contributed by atoms with E-state index < -0.39 is 0 Å². The Morgan fingerprint density at radius 3 is 2.70 bits per heavy atom. The van der Waals surface area contributed by atoms with Gasteiger partial charge in [0.15, 0.2) is 0 Å². The van der Waals surface area contributed by atoms with Crippen molar-refractivity contribution < 1.29 is 9.47 Å². The fourth-order valence-corrected chi connectivity index (χ4v) is 1.91. The smallest absolute Gasteiger partial charge is 0.222 e. The molecule has 0 bridgehead atoms. The third kappa shape index (κ3) is 3.68. The second kappa shape index (κ2) is 6.34. The molecular formula is C15H19N3O2. The minimum absolute atomic E-state index is 0.0835. The van der Waals surface area contributed by atoms with Crippen molar-refractivity contribution in [2.24, 2.45) is 5.73 Å². The van der Waals surface area contributed by atoms with Gasteiger partial charge in [-0.15, -0.1) is 0 Å². The van der Waals surface area contributed by atoms with Crippen LogP contribution in [0.3, 0.4) is 0 Å². The lowest BCUT2D eigenvalue weighted by Crippen LogP contribution is -2.18. The van der Waals surface area contributed by atoms with Crippen molar-refractivity contribution >= 4 is 0 Å². The number of aromatic nitrogens is 2. The maximum Gasteiger partial charge on any atom is 0.222 e. The van der Waals surface area contributed by atoms with Gasteiger partial charge in [0.1, 0.15) is 17.8 Å². The van der Waals surface area contributed by atoms with E-state index in [1.165, 1.54) is 6.33 Å². The molecule has 0 fully saturated rings. The van der Waals surface area contributed by atoms with E-state index in [0.29, 0.717) is 11.6 Å². The van der Waals surface area contributed by atoms with Crippen LogP contribution in [0.1, 0.15) is 18.2 Å². The predicted molar refractivity (Wildman–Crippen MR) is 77.2 cm³/mol. The quantitative estimate of drug-likeness (QED) is 0.906. The van der Waals surface area contributed by atoms with Gasteiger partial charge in [0.05, 0.1) is 7.11 Å². The number of nitrogens with zero attached hydrogens (tertiary/aromatic N) is 2. The SMILES string of the molecule is COc1cc(Oc2cc(C)ncn2)ccc1CC(C)N. The molecule has 1 heterocycles. The van der Waals surface area contributed by atoms with E-state index in [1.807, 2.05) is 32.0 Å². The highest BCUT2D eigenvalue weighted by atomic mass is 16.5. The molecule has 0 radical (unpaired) electrons. The average molecular weight is 273 g/mol. The number of hydrogen-bond acceptors (Lipinski definition) is 5. The van der Waals surface area contributed by atoms with Crippen LogP contribution in [-0.2, 0) is 6.42 Å². The third-order valence-electron chi connectivity index (χ3n) is 2.80. The van der Waals surface area contributed by atoms with Crippen molar-refractivity contribution in [1.29, 1.82) is 0 Å². The molecule has 5 heteroatoms. The van der Waals surface area contributed by atoms with Crippen LogP contribution in [0.2, 0.25) is 0 Å². The summed E-state index contributed by atoms with van der Waals surface area (Å²) in [5, 5.41) is 0. The van der Waals surface area contributed by atoms with Gasteiger partial charge < -0.3 is 15.2 Å². The number of benzene rings is 1. The molecule has 0 aliphatic heterocycles. The molecule has 0 saturated heterocycles. The van der Waals surface area contributed by atoms with Crippen LogP contribution in [0.5, 0.6) is 17.4 Å². The first-order valence-electron chi connectivity index (χ1n) is 6.47. The molecule has 0 amide bonds. The summed E-state index contributed by atoms with van der Waals surface area (Å²) >= 11 is 0. The molecule has 106 valence electrons. The Balaban J connectivity index is 2.21. The summed E-state index contributed by atoms with van der Waals surface area (Å²) in [6.07, 6.45) is 2.24. The Morgan fingerprint density at radius 2 is 2.05 bits per heavy atom. The summed E-state index contributed by atoms with van der Waals surface area (Å²) in [5.41, 5.74) is 7.74. The van der Waals surface area contributed by atoms with Crippen LogP contribution in [0.4, 0.5) is 0 Å². The minimum atomic E-state index is 0.0835. The molecule has 1 aromatic carbocycles. The van der Waals surface area contributed by atoms with Crippen LogP contribution < -0.4 is 15.2 Å². The highest BCUT2D eigenvalue weighted by Gasteiger charge is 2.08. The number of ether oxygens (including phenoxy) is 2. The highest BCUT2D eigenvalue weighted by Crippen LogP contribution is 2.28. The largest absolute Gasteiger partial charge is 0.496 e. The Morgan fingerprint density at radius 1 is 1.25 bits per heavy atom. The Bertz CT molecular complexity index is 585. The van der Waals surface area contributed by atoms with E-state index in [4.69, 9.17) is 15.2 Å². The van der Waals surface area contributed by atoms with Crippen molar-refractivity contribution in [3.05, 3.63) is 41.9 Å². The summed E-state index contributed by atoms with van der Waals surface area (Å²) in [6.45, 7) is 3.86. The predicted octanol–water partition coefficient (Wildman–Crippen LogP) is 2.48. The Labute approximate surface area is 118 Å². The zero-order valence-corrected chi connectivity index (χ0v) is 12.0. The lowest BCUT2D eigenvalue weighted by atomic mass is 10.1. The molecule has 0 aliphatic carbocycles. The molecule has 5 nitrogen and oxygen atoms in total. The van der Waals surface area contributed by atoms with E-state index in [9.17, 15) is 0 Å². The van der Waals surface area contributed by atoms with E-state index >= 15 is 0 Å². The van der Waals surface area contributed by atoms with E-state index in [-0.39, 0.29) is 6.04 Å². The van der Waals surface area contributed by atoms with Crippen LogP contribution >= 0.6 is 0 Å². The van der Waals surface area contributed by atoms with E-state index in [1.54, 1.807) is 13.2 Å². The molecule has 1 unspecified atom stereocenters. The maximum absolute atomic E-state index is 5.82. The molecule has 1 atom stereocenters. The van der Waals surface area contributed by atoms with Gasteiger partial charge in [-0.3, -0.25) is 0 Å². The molecule has 2 rings (SSSR count). The van der Waals surface area contributed by atoms with Crippen LogP contribution in [-0.4, -0.2) is 23.1 Å². The summed E-state index contributed by atoms with van der Waals surface area (Å²) in [4.78, 5) is 8.10. The molecule has 0 saturated carbocycles. The summed E-state index contributed by atoms with van der Waals surface area (Å²) in [5.74, 6) is 1.96. The fourth-order valence-electron chi connectivity index (χ4n) is 1.91. The van der Waals surface area contributed by atoms with Crippen molar-refractivity contribution in [1.82, 2.24) is 9.97 Å². The second-order valence-corrected chi connectivity index (χ2v) is 4.75. The van der Waals surface area contributed by atoms with Gasteiger partial charge in [-0.25, -0.2) is 9.97 Å². The molecule has 2 aromatic rings. The standard InChI is InChI=1S/C15H19N3O2/c1-10(16)6-12-4-5-13(8-14(12)19-3)20-15-7-11(2)17-9-18-15/h4-5,7-10H,6,16H2,1-3H3. The normalized spacial score (nSPS) is 12.0. The molecule has 0 aliphatic rings. The first kappa shape index (κ1) is 14.3. The molecule has 2 N–H and O–H groups in total. The topological polar surface area (TPSA) is 70.3 Å². The summed E-state index contributed by atoms with van der Waals surface area (Å²) < 4.78 is 11.1. The minimum Gasteiger partial charge on any atom is -0.496 e. The van der Waals surface area contributed by atoms with Crippen LogP contribution in [0.25, 0.3) is 0 Å². The zero-order chi connectivity index (χ0) is 14.5. The number of methoxy groups -OCH3 is 1. The van der Waals surface area contributed by atoms with Crippen molar-refractivity contribution in [3.63, 3.8) is 0 Å². The van der Waals surface area contributed by atoms with Crippen molar-refractivity contribution in [2.45, 2.75) is 26.3 Å². The van der Waals surface area contributed by atoms with Gasteiger partial charge in [0.2, 0.25) is 5.88 Å². The number of rotatable bonds is 5. The van der Waals surface area contributed by atoms with Gasteiger partial charge in [-0.2, -0.15) is 0 Å². The van der Waals surface area contributed by atoms with Crippen LogP contribution in [0.15, 0.2) is 30.6 Å². The van der Waals surface area contributed by atoms with Crippen molar-refractivity contribution in [2.75, 3.05) is 7.11 Å². The first-order valence-corrected chi connectivity index (χ1v) is 6.47. The summed E-state index contributed by atoms with van der Waals surface area (Å²) in [6, 6.07) is 7.56. The van der Waals surface area contributed by atoms with Gasteiger partial charge in [0.25, 0.3) is 0 Å². The molecule has 1 aromatic heterocycles. The Kier molecular flexibility index (Phi) is 4.53. The van der Waals surface area contributed by atoms with E-state index in [0.717, 1.165) is 23.4 Å². The molecular weight excluding hydrogens is 254 g/mol. The second-order valence-electron chi connectivity index (χ2n) is 4.75. The van der Waals surface area contributed by atoms with Gasteiger partial charge in [-0.1, -0.05) is 6.07 Å². The van der Waals surface area contributed by atoms with Crippen molar-refractivity contribution in [3.8, 4) is 17.4 Å². The molecule has 20 heavy (non-hydrogen) atoms. The number of nitrogens with two attached hydrogens (primary N) is 1. The van der Waals surface area contributed by atoms with Crippen LogP contribution in [0, 0.1) is 6.92 Å². The summed E-state index contributed by atoms with van der Waals surface area (Å²) in [7, 11) is 1.64. The maximum atomic E-state index is 5.82. The Hall–Kier alpha value is -2.14. The van der Waals surface area contributed by atoms with Gasteiger partial charge >= 0.3 is 0 Å². The average Bonchev–Trinajstić information content (AvgIpc) is 2.40. The third-order valence-corrected chi connectivity index (χ3v) is 2.80. The first-order chi connectivity index (χ1) is 9.58. The van der Waals surface area contributed by atoms with Gasteiger partial charge in [-0.05, 0) is 31.9 Å². The molecule has 0 spiro atoms. The zero-order valence-electron chi connectivity index (χ0n) is 12.0. The number of hydrogen-bond donors (Lipinski definition) is 1. The fraction of sp³-hybridized carbons (Fsp3) is 0.333. The van der Waals surface area contributed by atoms with E-state index in [2.05, 4.69) is 9.97 Å². The lowest BCUT2D eigenvalue weighted by molar-refractivity contribution is 0.401. The monoisotopic (exact) mass is 273 g/mol. The lowest BCUT2D eigenvalue weighted by Gasteiger charge is -2.12. The van der Waals surface area contributed by atoms with Gasteiger partial charge in [0, 0.05) is 23.9 Å². The highest BCUT2D eigenvalue weighted by molar-refractivity contribution is 5.42.